The maximum atomic E-state index is 11.8. The third-order valence-corrected chi connectivity index (χ3v) is 3.71. The Morgan fingerprint density at radius 3 is 3.00 bits per heavy atom. The molecule has 0 aliphatic carbocycles. The molecule has 0 bridgehead atoms. The Morgan fingerprint density at radius 1 is 1.55 bits per heavy atom. The van der Waals surface area contributed by atoms with E-state index in [1.54, 1.807) is 6.20 Å². The summed E-state index contributed by atoms with van der Waals surface area (Å²) in [5, 5.41) is 10.6. The van der Waals surface area contributed by atoms with Crippen LogP contribution in [-0.4, -0.2) is 42.1 Å². The van der Waals surface area contributed by atoms with Crippen LogP contribution in [0.4, 0.5) is 5.69 Å². The molecule has 2 rings (SSSR count). The molecule has 0 atom stereocenters. The summed E-state index contributed by atoms with van der Waals surface area (Å²) in [4.78, 5) is 11.8. The van der Waals surface area contributed by atoms with Crippen molar-refractivity contribution in [3.63, 3.8) is 0 Å². The highest BCUT2D eigenvalue weighted by molar-refractivity contribution is 6.32. The molecule has 1 fully saturated rings. The highest BCUT2D eigenvalue weighted by Crippen LogP contribution is 2.15. The van der Waals surface area contributed by atoms with Crippen molar-refractivity contribution in [2.75, 3.05) is 31.6 Å². The minimum absolute atomic E-state index is 0.184. The molecule has 20 heavy (non-hydrogen) atoms. The van der Waals surface area contributed by atoms with Crippen molar-refractivity contribution in [1.82, 2.24) is 15.1 Å². The Bertz CT molecular complexity index is 486. The molecular formula is C13H21ClN4O2. The molecule has 0 unspecified atom stereocenters. The monoisotopic (exact) mass is 300 g/mol. The number of nitrogens with one attached hydrogen (secondary N) is 2. The van der Waals surface area contributed by atoms with E-state index in [2.05, 4.69) is 15.7 Å². The predicted octanol–water partition coefficient (Wildman–Crippen LogP) is 1.10. The van der Waals surface area contributed by atoms with Crippen molar-refractivity contribution in [3.05, 3.63) is 21.6 Å². The zero-order chi connectivity index (χ0) is 14.4. The van der Waals surface area contributed by atoms with Crippen LogP contribution in [0.15, 0.2) is 11.0 Å². The van der Waals surface area contributed by atoms with Crippen LogP contribution in [0.1, 0.15) is 19.8 Å². The van der Waals surface area contributed by atoms with E-state index in [9.17, 15) is 4.79 Å². The summed E-state index contributed by atoms with van der Waals surface area (Å²) < 4.78 is 7.10. The lowest BCUT2D eigenvalue weighted by molar-refractivity contribution is 0.0394. The molecule has 1 aromatic rings. The molecule has 0 radical (unpaired) electrons. The molecule has 0 spiro atoms. The quantitative estimate of drug-likeness (QED) is 0.770. The Balaban J connectivity index is 1.79. The summed E-state index contributed by atoms with van der Waals surface area (Å²) in [6, 6.07) is 0. The topological polar surface area (TPSA) is 68.2 Å². The molecule has 1 aliphatic heterocycles. The molecule has 7 heteroatoms. The van der Waals surface area contributed by atoms with Gasteiger partial charge in [0.15, 0.2) is 0 Å². The number of nitrogens with zero attached hydrogens (tertiary/aromatic N) is 2. The molecule has 1 aromatic heterocycles. The molecule has 0 aromatic carbocycles. The third kappa shape index (κ3) is 3.94. The number of anilines is 1. The molecule has 0 amide bonds. The van der Waals surface area contributed by atoms with Gasteiger partial charge < -0.3 is 15.4 Å². The summed E-state index contributed by atoms with van der Waals surface area (Å²) in [5.41, 5.74) is 0.300. The lowest BCUT2D eigenvalue weighted by Gasteiger charge is -2.23. The highest BCUT2D eigenvalue weighted by atomic mass is 35.5. The minimum atomic E-state index is -0.265. The average molecular weight is 301 g/mol. The number of aryl methyl sites for hydroxylation is 1. The van der Waals surface area contributed by atoms with Crippen LogP contribution in [0, 0.1) is 0 Å². The van der Waals surface area contributed by atoms with E-state index < -0.39 is 0 Å². The second-order valence-corrected chi connectivity index (χ2v) is 5.12. The number of piperidine rings is 1. The van der Waals surface area contributed by atoms with Gasteiger partial charge in [0, 0.05) is 13.1 Å². The highest BCUT2D eigenvalue weighted by Gasteiger charge is 2.13. The molecule has 0 saturated carbocycles. The largest absolute Gasteiger partial charge is 0.380 e. The smallest absolute Gasteiger partial charge is 0.287 e. The summed E-state index contributed by atoms with van der Waals surface area (Å²) >= 11 is 6.02. The van der Waals surface area contributed by atoms with Crippen LogP contribution >= 0.6 is 11.6 Å². The van der Waals surface area contributed by atoms with Gasteiger partial charge in [-0.25, -0.2) is 4.68 Å². The van der Waals surface area contributed by atoms with E-state index in [1.807, 2.05) is 6.92 Å². The second kappa shape index (κ2) is 7.61. The van der Waals surface area contributed by atoms with Crippen LogP contribution in [0.25, 0.3) is 0 Å². The Morgan fingerprint density at radius 2 is 2.30 bits per heavy atom. The summed E-state index contributed by atoms with van der Waals surface area (Å²) in [5.74, 6) is 0. The van der Waals surface area contributed by atoms with Crippen molar-refractivity contribution in [1.29, 1.82) is 0 Å². The summed E-state index contributed by atoms with van der Waals surface area (Å²) in [7, 11) is 0. The van der Waals surface area contributed by atoms with Crippen molar-refractivity contribution in [2.45, 2.75) is 32.4 Å². The standard InChI is InChI=1S/C13H21ClN4O2/c1-2-18-13(19)12(14)11(9-17-18)16-7-8-20-10-3-5-15-6-4-10/h9-10,15-16H,2-8H2,1H3. The normalized spacial score (nSPS) is 16.3. The van der Waals surface area contributed by atoms with Crippen molar-refractivity contribution in [3.8, 4) is 0 Å². The number of ether oxygens (including phenoxy) is 1. The van der Waals surface area contributed by atoms with E-state index in [0.717, 1.165) is 25.9 Å². The first-order valence-corrected chi connectivity index (χ1v) is 7.42. The Hall–Kier alpha value is -1.11. The van der Waals surface area contributed by atoms with Gasteiger partial charge in [-0.1, -0.05) is 11.6 Å². The van der Waals surface area contributed by atoms with Gasteiger partial charge in [-0.2, -0.15) is 5.10 Å². The zero-order valence-corrected chi connectivity index (χ0v) is 12.4. The van der Waals surface area contributed by atoms with E-state index in [1.165, 1.54) is 4.68 Å². The first kappa shape index (κ1) is 15.3. The fraction of sp³-hybridized carbons (Fsp3) is 0.692. The van der Waals surface area contributed by atoms with Crippen LogP contribution in [0.5, 0.6) is 0 Å². The summed E-state index contributed by atoms with van der Waals surface area (Å²) in [6.07, 6.45) is 4.02. The van der Waals surface area contributed by atoms with Gasteiger partial charge in [0.1, 0.15) is 5.02 Å². The zero-order valence-electron chi connectivity index (χ0n) is 11.7. The van der Waals surface area contributed by atoms with Crippen LogP contribution in [0.3, 0.4) is 0 Å². The fourth-order valence-electron chi connectivity index (χ4n) is 2.19. The molecular weight excluding hydrogens is 280 g/mol. The van der Waals surface area contributed by atoms with Crippen LogP contribution in [-0.2, 0) is 11.3 Å². The summed E-state index contributed by atoms with van der Waals surface area (Å²) in [6.45, 7) is 5.60. The number of aromatic nitrogens is 2. The first-order chi connectivity index (χ1) is 9.72. The van der Waals surface area contributed by atoms with Gasteiger partial charge in [0.25, 0.3) is 5.56 Å². The first-order valence-electron chi connectivity index (χ1n) is 7.04. The number of hydrogen-bond acceptors (Lipinski definition) is 5. The lowest BCUT2D eigenvalue weighted by Crippen LogP contribution is -2.33. The number of rotatable bonds is 6. The second-order valence-electron chi connectivity index (χ2n) is 4.74. The molecule has 2 heterocycles. The lowest BCUT2D eigenvalue weighted by atomic mass is 10.1. The third-order valence-electron chi connectivity index (χ3n) is 3.34. The molecule has 112 valence electrons. The molecule has 1 aliphatic rings. The van der Waals surface area contributed by atoms with Gasteiger partial charge in [0.2, 0.25) is 0 Å². The molecule has 6 nitrogen and oxygen atoms in total. The number of halogens is 1. The van der Waals surface area contributed by atoms with Gasteiger partial charge in [-0.15, -0.1) is 0 Å². The SMILES string of the molecule is CCn1ncc(NCCOC2CCNCC2)c(Cl)c1=O. The van der Waals surface area contributed by atoms with Crippen LogP contribution < -0.4 is 16.2 Å². The van der Waals surface area contributed by atoms with E-state index >= 15 is 0 Å². The van der Waals surface area contributed by atoms with Crippen molar-refractivity contribution in [2.24, 2.45) is 0 Å². The van der Waals surface area contributed by atoms with Gasteiger partial charge in [-0.05, 0) is 32.9 Å². The van der Waals surface area contributed by atoms with Crippen molar-refractivity contribution < 1.29 is 4.74 Å². The van der Waals surface area contributed by atoms with Crippen LogP contribution in [0.2, 0.25) is 5.02 Å². The maximum absolute atomic E-state index is 11.8. The Labute approximate surface area is 123 Å². The average Bonchev–Trinajstić information content (AvgIpc) is 2.49. The van der Waals surface area contributed by atoms with E-state index in [-0.39, 0.29) is 10.6 Å². The maximum Gasteiger partial charge on any atom is 0.287 e. The minimum Gasteiger partial charge on any atom is -0.380 e. The molecule has 2 N–H and O–H groups in total. The number of hydrogen-bond donors (Lipinski definition) is 2. The predicted molar refractivity (Wildman–Crippen MR) is 79.5 cm³/mol. The Kier molecular flexibility index (Phi) is 5.82. The van der Waals surface area contributed by atoms with Gasteiger partial charge in [0.05, 0.1) is 24.6 Å². The van der Waals surface area contributed by atoms with E-state index in [0.29, 0.717) is 31.5 Å². The van der Waals surface area contributed by atoms with Crippen molar-refractivity contribution >= 4 is 17.3 Å². The van der Waals surface area contributed by atoms with E-state index in [4.69, 9.17) is 16.3 Å². The van der Waals surface area contributed by atoms with Gasteiger partial charge in [-0.3, -0.25) is 4.79 Å². The van der Waals surface area contributed by atoms with Gasteiger partial charge >= 0.3 is 0 Å². The molecule has 1 saturated heterocycles. The fourth-order valence-corrected chi connectivity index (χ4v) is 2.40.